The summed E-state index contributed by atoms with van der Waals surface area (Å²) in [5, 5.41) is 21.2. The molecule has 20 heavy (non-hydrogen) atoms. The summed E-state index contributed by atoms with van der Waals surface area (Å²) >= 11 is 0. The highest BCUT2D eigenvalue weighted by Crippen LogP contribution is 2.21. The highest BCUT2D eigenvalue weighted by molar-refractivity contribution is 6.04. The van der Waals surface area contributed by atoms with Crippen LogP contribution in [0.5, 0.6) is 0 Å². The van der Waals surface area contributed by atoms with Crippen LogP contribution in [0.25, 0.3) is 6.08 Å². The van der Waals surface area contributed by atoms with Gasteiger partial charge in [0.15, 0.2) is 6.29 Å². The predicted molar refractivity (Wildman–Crippen MR) is 78.1 cm³/mol. The Kier molecular flexibility index (Phi) is 4.30. The molecule has 3 N–H and O–H groups in total. The van der Waals surface area contributed by atoms with Crippen molar-refractivity contribution >= 4 is 17.7 Å². The molecule has 0 aliphatic rings. The normalized spacial score (nSPS) is 10.3. The van der Waals surface area contributed by atoms with Gasteiger partial charge in [0.2, 0.25) is 0 Å². The first-order valence-electron chi connectivity index (χ1n) is 6.10. The Bertz CT molecular complexity index is 618. The maximum absolute atomic E-state index is 12.1. The number of carbonyl (C=O) groups excluding carboxylic acids is 1. The van der Waals surface area contributed by atoms with Crippen LogP contribution in [-0.4, -0.2) is 16.1 Å². The van der Waals surface area contributed by atoms with Gasteiger partial charge in [-0.15, -0.1) is 0 Å². The Hall–Kier alpha value is -2.43. The fraction of sp³-hybridized carbons (Fsp3) is 0.0625. The molecule has 4 heteroatoms. The van der Waals surface area contributed by atoms with Gasteiger partial charge in [0.05, 0.1) is 0 Å². The summed E-state index contributed by atoms with van der Waals surface area (Å²) in [6.07, 6.45) is 0.0636. The number of carbonyl (C=O) groups is 1. The summed E-state index contributed by atoms with van der Waals surface area (Å²) < 4.78 is 0. The third kappa shape index (κ3) is 3.12. The van der Waals surface area contributed by atoms with E-state index in [0.717, 1.165) is 5.56 Å². The van der Waals surface area contributed by atoms with Crippen molar-refractivity contribution < 1.29 is 15.0 Å². The van der Waals surface area contributed by atoms with Crippen molar-refractivity contribution in [3.8, 4) is 0 Å². The molecule has 102 valence electrons. The zero-order valence-electron chi connectivity index (χ0n) is 10.8. The number of amides is 1. The molecular weight excluding hydrogens is 254 g/mol. The summed E-state index contributed by atoms with van der Waals surface area (Å²) in [5.74, 6) is -0.311. The molecule has 2 aromatic carbocycles. The largest absolute Gasteiger partial charge is 0.364 e. The molecule has 0 aromatic heterocycles. The maximum atomic E-state index is 12.1. The summed E-state index contributed by atoms with van der Waals surface area (Å²) in [5.41, 5.74) is 2.04. The SMILES string of the molecule is C=Cc1ccc(C(=O)Nc2ccccc2C(O)O)cc1. The van der Waals surface area contributed by atoms with E-state index in [1.54, 1.807) is 54.6 Å². The van der Waals surface area contributed by atoms with E-state index in [2.05, 4.69) is 11.9 Å². The minimum absolute atomic E-state index is 0.253. The number of nitrogens with one attached hydrogen (secondary N) is 1. The summed E-state index contributed by atoms with van der Waals surface area (Å²) in [6.45, 7) is 3.65. The lowest BCUT2D eigenvalue weighted by molar-refractivity contribution is -0.0418. The zero-order chi connectivity index (χ0) is 14.5. The van der Waals surface area contributed by atoms with Gasteiger partial charge in [-0.2, -0.15) is 0 Å². The van der Waals surface area contributed by atoms with Gasteiger partial charge in [0, 0.05) is 16.8 Å². The van der Waals surface area contributed by atoms with Crippen LogP contribution in [0.4, 0.5) is 5.69 Å². The Balaban J connectivity index is 2.21. The van der Waals surface area contributed by atoms with Crippen molar-refractivity contribution in [3.63, 3.8) is 0 Å². The van der Waals surface area contributed by atoms with Gasteiger partial charge in [0.25, 0.3) is 5.91 Å². The van der Waals surface area contributed by atoms with Crippen LogP contribution < -0.4 is 5.32 Å². The summed E-state index contributed by atoms with van der Waals surface area (Å²) in [4.78, 5) is 12.1. The van der Waals surface area contributed by atoms with Crippen LogP contribution in [0.2, 0.25) is 0 Å². The van der Waals surface area contributed by atoms with Crippen molar-refractivity contribution in [2.45, 2.75) is 6.29 Å². The molecule has 0 bridgehead atoms. The molecule has 2 aromatic rings. The lowest BCUT2D eigenvalue weighted by Crippen LogP contribution is -2.14. The molecule has 1 amide bonds. The van der Waals surface area contributed by atoms with E-state index in [4.69, 9.17) is 0 Å². The van der Waals surface area contributed by atoms with Crippen molar-refractivity contribution in [1.29, 1.82) is 0 Å². The molecule has 0 unspecified atom stereocenters. The molecule has 4 nitrogen and oxygen atoms in total. The minimum Gasteiger partial charge on any atom is -0.364 e. The molecule has 0 aliphatic heterocycles. The molecule has 2 rings (SSSR count). The van der Waals surface area contributed by atoms with Crippen LogP contribution in [-0.2, 0) is 0 Å². The van der Waals surface area contributed by atoms with Crippen molar-refractivity contribution in [1.82, 2.24) is 0 Å². The van der Waals surface area contributed by atoms with E-state index >= 15 is 0 Å². The van der Waals surface area contributed by atoms with Gasteiger partial charge >= 0.3 is 0 Å². The second kappa shape index (κ2) is 6.14. The molecule has 0 fully saturated rings. The molecule has 0 saturated heterocycles. The van der Waals surface area contributed by atoms with E-state index in [-0.39, 0.29) is 11.5 Å². The van der Waals surface area contributed by atoms with Gasteiger partial charge in [-0.25, -0.2) is 0 Å². The van der Waals surface area contributed by atoms with Crippen molar-refractivity contribution in [2.75, 3.05) is 5.32 Å². The van der Waals surface area contributed by atoms with Crippen molar-refractivity contribution in [3.05, 3.63) is 71.8 Å². The quantitative estimate of drug-likeness (QED) is 0.747. The predicted octanol–water partition coefficient (Wildman–Crippen LogP) is 2.57. The first-order chi connectivity index (χ1) is 9.61. The third-order valence-electron chi connectivity index (χ3n) is 2.90. The molecule has 0 heterocycles. The number of aliphatic hydroxyl groups is 2. The molecular formula is C16H15NO3. The number of rotatable bonds is 4. The second-order valence-corrected chi connectivity index (χ2v) is 4.24. The van der Waals surface area contributed by atoms with Gasteiger partial charge in [-0.1, -0.05) is 43.0 Å². The minimum atomic E-state index is -1.63. The Labute approximate surface area is 117 Å². The first kappa shape index (κ1) is 14.0. The van der Waals surface area contributed by atoms with E-state index in [1.165, 1.54) is 0 Å². The standard InChI is InChI=1S/C16H15NO3/c1-2-11-7-9-12(10-8-11)15(18)17-14-6-4-3-5-13(14)16(19)20/h2-10,16,19-20H,1H2,(H,17,18). The topological polar surface area (TPSA) is 69.6 Å². The fourth-order valence-electron chi connectivity index (χ4n) is 1.80. The van der Waals surface area contributed by atoms with Gasteiger partial charge in [-0.3, -0.25) is 4.79 Å². The number of benzene rings is 2. The van der Waals surface area contributed by atoms with Crippen LogP contribution in [0.1, 0.15) is 27.8 Å². The number of aliphatic hydroxyl groups excluding tert-OH is 1. The lowest BCUT2D eigenvalue weighted by atomic mass is 10.1. The molecule has 0 atom stereocenters. The Morgan fingerprint density at radius 3 is 2.35 bits per heavy atom. The molecule has 0 saturated carbocycles. The average molecular weight is 269 g/mol. The number of anilines is 1. The van der Waals surface area contributed by atoms with E-state index in [0.29, 0.717) is 11.3 Å². The molecule has 0 spiro atoms. The highest BCUT2D eigenvalue weighted by atomic mass is 16.5. The summed E-state index contributed by atoms with van der Waals surface area (Å²) in [7, 11) is 0. The van der Waals surface area contributed by atoms with E-state index in [9.17, 15) is 15.0 Å². The first-order valence-corrected chi connectivity index (χ1v) is 6.10. The number of para-hydroxylation sites is 1. The van der Waals surface area contributed by atoms with E-state index < -0.39 is 6.29 Å². The van der Waals surface area contributed by atoms with Gasteiger partial charge in [0.1, 0.15) is 0 Å². The maximum Gasteiger partial charge on any atom is 0.255 e. The Morgan fingerprint density at radius 1 is 1.10 bits per heavy atom. The van der Waals surface area contributed by atoms with E-state index in [1.807, 2.05) is 0 Å². The highest BCUT2D eigenvalue weighted by Gasteiger charge is 2.12. The monoisotopic (exact) mass is 269 g/mol. The van der Waals surface area contributed by atoms with Crippen LogP contribution in [0, 0.1) is 0 Å². The average Bonchev–Trinajstić information content (AvgIpc) is 2.47. The number of hydrogen-bond donors (Lipinski definition) is 3. The van der Waals surface area contributed by atoms with Crippen LogP contribution in [0.15, 0.2) is 55.1 Å². The van der Waals surface area contributed by atoms with Crippen molar-refractivity contribution in [2.24, 2.45) is 0 Å². The lowest BCUT2D eigenvalue weighted by Gasteiger charge is -2.12. The molecule has 0 aliphatic carbocycles. The zero-order valence-corrected chi connectivity index (χ0v) is 10.8. The number of hydrogen-bond acceptors (Lipinski definition) is 3. The third-order valence-corrected chi connectivity index (χ3v) is 2.90. The molecule has 0 radical (unpaired) electrons. The second-order valence-electron chi connectivity index (χ2n) is 4.24. The Morgan fingerprint density at radius 2 is 1.75 bits per heavy atom. The van der Waals surface area contributed by atoms with Crippen LogP contribution in [0.3, 0.4) is 0 Å². The van der Waals surface area contributed by atoms with Crippen LogP contribution >= 0.6 is 0 Å². The van der Waals surface area contributed by atoms with Gasteiger partial charge in [-0.05, 0) is 23.8 Å². The van der Waals surface area contributed by atoms with Gasteiger partial charge < -0.3 is 15.5 Å². The fourth-order valence-corrected chi connectivity index (χ4v) is 1.80. The smallest absolute Gasteiger partial charge is 0.255 e. The summed E-state index contributed by atoms with van der Waals surface area (Å²) in [6, 6.07) is 13.5.